The third-order valence-corrected chi connectivity index (χ3v) is 6.60. The summed E-state index contributed by atoms with van der Waals surface area (Å²) in [5.74, 6) is 2.66. The maximum Gasteiger partial charge on any atom is 0.0309 e. The van der Waals surface area contributed by atoms with Gasteiger partial charge in [0, 0.05) is 30.7 Å². The molecule has 0 radical (unpaired) electrons. The Bertz CT molecular complexity index is 349. The van der Waals surface area contributed by atoms with Crippen LogP contribution in [0.1, 0.15) is 72.6 Å². The summed E-state index contributed by atoms with van der Waals surface area (Å²) in [7, 11) is 0. The molecule has 0 aromatic heterocycles. The van der Waals surface area contributed by atoms with E-state index < -0.39 is 0 Å². The summed E-state index contributed by atoms with van der Waals surface area (Å²) in [5.41, 5.74) is 0.392. The van der Waals surface area contributed by atoms with Gasteiger partial charge in [0.15, 0.2) is 0 Å². The molecule has 1 heterocycles. The van der Waals surface area contributed by atoms with Crippen molar-refractivity contribution >= 4 is 0 Å². The van der Waals surface area contributed by atoms with Crippen LogP contribution in [0, 0.1) is 17.8 Å². The van der Waals surface area contributed by atoms with Gasteiger partial charge < -0.3 is 5.32 Å². The molecule has 0 aromatic carbocycles. The fraction of sp³-hybridized carbons (Fsp3) is 1.00. The van der Waals surface area contributed by atoms with Crippen molar-refractivity contribution in [3.8, 4) is 0 Å². The Morgan fingerprint density at radius 3 is 2.48 bits per heavy atom. The third-order valence-electron chi connectivity index (χ3n) is 6.60. The first-order valence-electron chi connectivity index (χ1n) is 9.50. The molecule has 122 valence electrons. The van der Waals surface area contributed by atoms with Gasteiger partial charge in [0.2, 0.25) is 0 Å². The molecule has 0 amide bonds. The van der Waals surface area contributed by atoms with Gasteiger partial charge in [-0.3, -0.25) is 4.90 Å². The van der Waals surface area contributed by atoms with Crippen LogP contribution in [0.4, 0.5) is 0 Å². The highest BCUT2D eigenvalue weighted by Crippen LogP contribution is 2.43. The predicted molar refractivity (Wildman–Crippen MR) is 90.5 cm³/mol. The molecule has 21 heavy (non-hydrogen) atoms. The molecule has 4 atom stereocenters. The lowest BCUT2D eigenvalue weighted by atomic mass is 9.86. The van der Waals surface area contributed by atoms with Crippen molar-refractivity contribution in [2.75, 3.05) is 13.1 Å². The van der Waals surface area contributed by atoms with Crippen molar-refractivity contribution in [1.82, 2.24) is 10.2 Å². The van der Waals surface area contributed by atoms with E-state index in [9.17, 15) is 0 Å². The second-order valence-corrected chi connectivity index (χ2v) is 8.82. The maximum absolute atomic E-state index is 3.94. The van der Waals surface area contributed by atoms with Gasteiger partial charge in [-0.1, -0.05) is 33.6 Å². The van der Waals surface area contributed by atoms with Gasteiger partial charge in [0.25, 0.3) is 0 Å². The van der Waals surface area contributed by atoms with Gasteiger partial charge in [-0.15, -0.1) is 0 Å². The predicted octanol–water partition coefficient (Wildman–Crippen LogP) is 4.05. The molecule has 0 aromatic rings. The lowest BCUT2D eigenvalue weighted by Crippen LogP contribution is -2.67. The summed E-state index contributed by atoms with van der Waals surface area (Å²) in [4.78, 5) is 2.94. The summed E-state index contributed by atoms with van der Waals surface area (Å²) >= 11 is 0. The normalized spacial score (nSPS) is 43.0. The summed E-state index contributed by atoms with van der Waals surface area (Å²) in [6, 6.07) is 1.60. The zero-order valence-corrected chi connectivity index (χ0v) is 14.7. The van der Waals surface area contributed by atoms with Crippen molar-refractivity contribution in [3.05, 3.63) is 0 Å². The van der Waals surface area contributed by atoms with Crippen molar-refractivity contribution in [1.29, 1.82) is 0 Å². The molecule has 0 spiro atoms. The standard InChI is InChI=1S/C19H36N2/c1-14(2)18-12-20-19(4,16-9-10-16)13-21(18)17-7-5-6-15(3)8-11-17/h14-18,20H,5-13H2,1-4H3. The molecule has 2 saturated carbocycles. The Kier molecular flexibility index (Phi) is 4.66. The monoisotopic (exact) mass is 292 g/mol. The zero-order chi connectivity index (χ0) is 15.0. The van der Waals surface area contributed by atoms with Gasteiger partial charge in [0.1, 0.15) is 0 Å². The van der Waals surface area contributed by atoms with Gasteiger partial charge in [-0.25, -0.2) is 0 Å². The molecular formula is C19H36N2. The third kappa shape index (κ3) is 3.47. The van der Waals surface area contributed by atoms with E-state index in [2.05, 4.69) is 37.9 Å². The molecule has 1 saturated heterocycles. The van der Waals surface area contributed by atoms with E-state index >= 15 is 0 Å². The van der Waals surface area contributed by atoms with E-state index in [1.165, 1.54) is 58.0 Å². The first-order chi connectivity index (χ1) is 9.99. The maximum atomic E-state index is 3.94. The lowest BCUT2D eigenvalue weighted by Gasteiger charge is -2.51. The number of nitrogens with one attached hydrogen (secondary N) is 1. The number of rotatable bonds is 3. The second kappa shape index (κ2) is 6.20. The minimum atomic E-state index is 0.392. The molecule has 0 bridgehead atoms. The Hall–Kier alpha value is -0.0800. The van der Waals surface area contributed by atoms with Crippen LogP contribution in [0.3, 0.4) is 0 Å². The van der Waals surface area contributed by atoms with E-state index in [1.807, 2.05) is 0 Å². The largest absolute Gasteiger partial charge is 0.308 e. The lowest BCUT2D eigenvalue weighted by molar-refractivity contribution is 0.0129. The Balaban J connectivity index is 1.73. The molecule has 4 unspecified atom stereocenters. The Morgan fingerprint density at radius 1 is 1.05 bits per heavy atom. The summed E-state index contributed by atoms with van der Waals surface area (Å²) in [5, 5.41) is 3.94. The van der Waals surface area contributed by atoms with E-state index in [1.54, 1.807) is 0 Å². The SMILES string of the molecule is CC1CCCC(N2CC(C)(C3CC3)NCC2C(C)C)CC1. The Labute approximate surface area is 132 Å². The van der Waals surface area contributed by atoms with Gasteiger partial charge >= 0.3 is 0 Å². The number of piperazine rings is 1. The summed E-state index contributed by atoms with van der Waals surface area (Å²) in [6.45, 7) is 12.3. The van der Waals surface area contributed by atoms with Crippen molar-refractivity contribution in [3.63, 3.8) is 0 Å². The number of nitrogens with zero attached hydrogens (tertiary/aromatic N) is 1. The van der Waals surface area contributed by atoms with Crippen molar-refractivity contribution in [2.24, 2.45) is 17.8 Å². The fourth-order valence-electron chi connectivity index (χ4n) is 4.82. The summed E-state index contributed by atoms with van der Waals surface area (Å²) in [6.07, 6.45) is 10.1. The van der Waals surface area contributed by atoms with E-state index in [-0.39, 0.29) is 0 Å². The van der Waals surface area contributed by atoms with Crippen molar-refractivity contribution in [2.45, 2.75) is 90.3 Å². The molecule has 1 N–H and O–H groups in total. The molecule has 2 heteroatoms. The average molecular weight is 293 g/mol. The highest BCUT2D eigenvalue weighted by molar-refractivity contribution is 5.05. The summed E-state index contributed by atoms with van der Waals surface area (Å²) < 4.78 is 0. The van der Waals surface area contributed by atoms with Gasteiger partial charge in [-0.2, -0.15) is 0 Å². The molecule has 3 rings (SSSR count). The zero-order valence-electron chi connectivity index (χ0n) is 14.7. The van der Waals surface area contributed by atoms with E-state index in [0.29, 0.717) is 5.54 Å². The van der Waals surface area contributed by atoms with E-state index in [4.69, 9.17) is 0 Å². The Morgan fingerprint density at radius 2 is 1.81 bits per heavy atom. The number of hydrogen-bond acceptors (Lipinski definition) is 2. The van der Waals surface area contributed by atoms with Crippen LogP contribution in [0.2, 0.25) is 0 Å². The first kappa shape index (κ1) is 15.8. The van der Waals surface area contributed by atoms with Crippen LogP contribution in [-0.2, 0) is 0 Å². The van der Waals surface area contributed by atoms with Crippen molar-refractivity contribution < 1.29 is 0 Å². The average Bonchev–Trinajstić information content (AvgIpc) is 3.26. The first-order valence-corrected chi connectivity index (χ1v) is 9.50. The fourth-order valence-corrected chi connectivity index (χ4v) is 4.82. The van der Waals surface area contributed by atoms with Crippen LogP contribution >= 0.6 is 0 Å². The minimum Gasteiger partial charge on any atom is -0.308 e. The molecule has 2 nitrogen and oxygen atoms in total. The number of hydrogen-bond donors (Lipinski definition) is 1. The van der Waals surface area contributed by atoms with Gasteiger partial charge in [0.05, 0.1) is 0 Å². The molecule has 1 aliphatic heterocycles. The molecule has 3 aliphatic rings. The van der Waals surface area contributed by atoms with Gasteiger partial charge in [-0.05, 0) is 56.8 Å². The van der Waals surface area contributed by atoms with Crippen LogP contribution in [0.15, 0.2) is 0 Å². The highest BCUT2D eigenvalue weighted by atomic mass is 15.3. The van der Waals surface area contributed by atoms with Crippen LogP contribution < -0.4 is 5.32 Å². The van der Waals surface area contributed by atoms with E-state index in [0.717, 1.165) is 29.8 Å². The molecule has 3 fully saturated rings. The quantitative estimate of drug-likeness (QED) is 0.789. The van der Waals surface area contributed by atoms with Crippen LogP contribution in [0.5, 0.6) is 0 Å². The van der Waals surface area contributed by atoms with Crippen LogP contribution in [-0.4, -0.2) is 35.6 Å². The minimum absolute atomic E-state index is 0.392. The van der Waals surface area contributed by atoms with Crippen LogP contribution in [0.25, 0.3) is 0 Å². The second-order valence-electron chi connectivity index (χ2n) is 8.82. The highest BCUT2D eigenvalue weighted by Gasteiger charge is 2.47. The smallest absolute Gasteiger partial charge is 0.0309 e. The molecule has 2 aliphatic carbocycles. The molecular weight excluding hydrogens is 256 g/mol. The topological polar surface area (TPSA) is 15.3 Å².